The quantitative estimate of drug-likeness (QED) is 0.387. The van der Waals surface area contributed by atoms with E-state index in [1.54, 1.807) is 44.4 Å². The van der Waals surface area contributed by atoms with Gasteiger partial charge in [-0.25, -0.2) is 4.79 Å². The molecule has 10 heteroatoms. The number of nitrogens with zero attached hydrogens (tertiary/aromatic N) is 1. The van der Waals surface area contributed by atoms with Gasteiger partial charge in [0.05, 0.1) is 26.7 Å². The molecule has 10 nitrogen and oxygen atoms in total. The molecule has 1 atom stereocenters. The molecule has 35 heavy (non-hydrogen) atoms. The Morgan fingerprint density at radius 3 is 2.51 bits per heavy atom. The summed E-state index contributed by atoms with van der Waals surface area (Å²) in [6, 6.07) is 10.6. The predicted octanol–water partition coefficient (Wildman–Crippen LogP) is 3.42. The third-order valence-electron chi connectivity index (χ3n) is 5.46. The molecule has 0 saturated heterocycles. The first-order valence-corrected chi connectivity index (χ1v) is 10.7. The molecule has 2 amide bonds. The number of aryl methyl sites for hydroxylation is 2. The lowest BCUT2D eigenvalue weighted by atomic mass is 9.97. The number of aliphatic carboxylic acids is 1. The molecular weight excluding hydrogens is 454 g/mol. The molecule has 3 rings (SSSR count). The van der Waals surface area contributed by atoms with Gasteiger partial charge >= 0.3 is 12.0 Å². The van der Waals surface area contributed by atoms with Crippen molar-refractivity contribution in [2.24, 2.45) is 7.05 Å². The van der Waals surface area contributed by atoms with Gasteiger partial charge in [-0.3, -0.25) is 9.59 Å². The van der Waals surface area contributed by atoms with Crippen LogP contribution in [0.25, 0.3) is 11.1 Å². The van der Waals surface area contributed by atoms with Gasteiger partial charge in [0, 0.05) is 30.4 Å². The number of carbonyl (C=O) groups excluding carboxylic acids is 1. The highest BCUT2D eigenvalue weighted by Crippen LogP contribution is 2.34. The van der Waals surface area contributed by atoms with Crippen LogP contribution in [-0.2, 0) is 11.8 Å². The number of aromatic nitrogens is 1. The highest BCUT2D eigenvalue weighted by atomic mass is 16.5. The minimum Gasteiger partial charge on any atom is -0.505 e. The highest BCUT2D eigenvalue weighted by molar-refractivity contribution is 5.91. The number of hydrogen-bond donors (Lipinski definition) is 4. The monoisotopic (exact) mass is 481 g/mol. The number of benzene rings is 2. The number of aromatic hydroxyl groups is 1. The summed E-state index contributed by atoms with van der Waals surface area (Å²) in [6.07, 6.45) is 1.03. The average Bonchev–Trinajstić information content (AvgIpc) is 2.84. The standard InChI is InChI=1S/C25H27N3O7/c1-14-13-28(2)24(32)22(23(14)31)27-25(33)26-19(12-21(29)30)16-7-5-6-15(10-16)18-9-8-17(34-3)11-20(18)35-4/h5-11,13,19,31H,12H2,1-4H3,(H,29,30)(H2,26,27,33)/t19-/m0/s1. The summed E-state index contributed by atoms with van der Waals surface area (Å²) in [5, 5.41) is 24.6. The number of carboxylic acid groups (broad SMARTS) is 1. The van der Waals surface area contributed by atoms with Gasteiger partial charge in [-0.1, -0.05) is 18.2 Å². The molecule has 1 aromatic heterocycles. The predicted molar refractivity (Wildman–Crippen MR) is 130 cm³/mol. The van der Waals surface area contributed by atoms with Crippen molar-refractivity contribution in [3.05, 3.63) is 70.1 Å². The number of anilines is 1. The molecular formula is C25H27N3O7. The van der Waals surface area contributed by atoms with Crippen LogP contribution in [0.2, 0.25) is 0 Å². The molecule has 0 saturated carbocycles. The van der Waals surface area contributed by atoms with E-state index in [0.29, 0.717) is 22.6 Å². The average molecular weight is 482 g/mol. The summed E-state index contributed by atoms with van der Waals surface area (Å²) in [5.41, 5.74) is 1.51. The summed E-state index contributed by atoms with van der Waals surface area (Å²) in [4.78, 5) is 36.6. The van der Waals surface area contributed by atoms with Crippen LogP contribution < -0.4 is 25.7 Å². The van der Waals surface area contributed by atoms with Crippen LogP contribution in [0, 0.1) is 6.92 Å². The second kappa shape index (κ2) is 10.6. The molecule has 0 spiro atoms. The molecule has 184 valence electrons. The first-order chi connectivity index (χ1) is 16.6. The third-order valence-corrected chi connectivity index (χ3v) is 5.46. The van der Waals surface area contributed by atoms with Crippen molar-refractivity contribution < 1.29 is 29.3 Å². The number of urea groups is 1. The van der Waals surface area contributed by atoms with E-state index in [-0.39, 0.29) is 11.4 Å². The van der Waals surface area contributed by atoms with Gasteiger partial charge in [0.2, 0.25) is 0 Å². The summed E-state index contributed by atoms with van der Waals surface area (Å²) < 4.78 is 11.9. The molecule has 0 radical (unpaired) electrons. The smallest absolute Gasteiger partial charge is 0.319 e. The zero-order valence-electron chi connectivity index (χ0n) is 19.8. The number of methoxy groups -OCH3 is 2. The van der Waals surface area contributed by atoms with Gasteiger partial charge in [-0.05, 0) is 36.2 Å². The van der Waals surface area contributed by atoms with Gasteiger partial charge in [-0.2, -0.15) is 0 Å². The number of carboxylic acids is 1. The molecule has 0 unspecified atom stereocenters. The Morgan fingerprint density at radius 1 is 1.11 bits per heavy atom. The van der Waals surface area contributed by atoms with E-state index in [0.717, 1.165) is 11.1 Å². The number of pyridine rings is 1. The van der Waals surface area contributed by atoms with Crippen molar-refractivity contribution in [2.75, 3.05) is 19.5 Å². The van der Waals surface area contributed by atoms with Crippen molar-refractivity contribution in [1.29, 1.82) is 0 Å². The number of hydrogen-bond acceptors (Lipinski definition) is 6. The Hall–Kier alpha value is -4.47. The molecule has 0 fully saturated rings. The topological polar surface area (TPSA) is 139 Å². The number of amides is 2. The maximum absolute atomic E-state index is 12.7. The zero-order valence-corrected chi connectivity index (χ0v) is 19.8. The van der Waals surface area contributed by atoms with E-state index < -0.39 is 30.0 Å². The molecule has 3 aromatic rings. The van der Waals surface area contributed by atoms with Crippen LogP contribution in [0.4, 0.5) is 10.5 Å². The fourth-order valence-electron chi connectivity index (χ4n) is 3.69. The summed E-state index contributed by atoms with van der Waals surface area (Å²) in [7, 11) is 4.57. The van der Waals surface area contributed by atoms with Crippen LogP contribution in [0.15, 0.2) is 53.5 Å². The maximum atomic E-state index is 12.7. The van der Waals surface area contributed by atoms with Crippen molar-refractivity contribution in [3.8, 4) is 28.4 Å². The zero-order chi connectivity index (χ0) is 25.7. The fraction of sp³-hybridized carbons (Fsp3) is 0.240. The lowest BCUT2D eigenvalue weighted by Gasteiger charge is -2.20. The molecule has 0 aliphatic carbocycles. The molecule has 4 N–H and O–H groups in total. The van der Waals surface area contributed by atoms with Crippen LogP contribution in [0.5, 0.6) is 17.2 Å². The summed E-state index contributed by atoms with van der Waals surface area (Å²) in [5.74, 6) is -0.300. The van der Waals surface area contributed by atoms with Crippen molar-refractivity contribution in [2.45, 2.75) is 19.4 Å². The Kier molecular flexibility index (Phi) is 7.65. The van der Waals surface area contributed by atoms with Crippen molar-refractivity contribution >= 4 is 17.7 Å². The minimum absolute atomic E-state index is 0.296. The van der Waals surface area contributed by atoms with Crippen LogP contribution in [-0.4, -0.2) is 41.0 Å². The second-order valence-corrected chi connectivity index (χ2v) is 7.89. The Balaban J connectivity index is 1.92. The van der Waals surface area contributed by atoms with E-state index in [2.05, 4.69) is 10.6 Å². The number of ether oxygens (including phenoxy) is 2. The molecule has 1 heterocycles. The lowest BCUT2D eigenvalue weighted by molar-refractivity contribution is -0.137. The number of nitrogens with one attached hydrogen (secondary N) is 2. The molecule has 0 aliphatic rings. The van der Waals surface area contributed by atoms with Gasteiger partial charge in [-0.15, -0.1) is 0 Å². The van der Waals surface area contributed by atoms with Crippen molar-refractivity contribution in [3.63, 3.8) is 0 Å². The van der Waals surface area contributed by atoms with Gasteiger partial charge < -0.3 is 34.9 Å². The maximum Gasteiger partial charge on any atom is 0.319 e. The Labute approximate surface area is 201 Å². The largest absolute Gasteiger partial charge is 0.505 e. The SMILES string of the molecule is COc1ccc(-c2cccc([C@H](CC(=O)O)NC(=O)Nc3c(O)c(C)cn(C)c3=O)c2)c(OC)c1. The van der Waals surface area contributed by atoms with Gasteiger partial charge in [0.25, 0.3) is 5.56 Å². The lowest BCUT2D eigenvalue weighted by Crippen LogP contribution is -2.36. The minimum atomic E-state index is -1.13. The first-order valence-electron chi connectivity index (χ1n) is 10.7. The van der Waals surface area contributed by atoms with E-state index in [9.17, 15) is 24.6 Å². The van der Waals surface area contributed by atoms with E-state index in [1.165, 1.54) is 24.9 Å². The number of carbonyl (C=O) groups is 2. The summed E-state index contributed by atoms with van der Waals surface area (Å²) >= 11 is 0. The highest BCUT2D eigenvalue weighted by Gasteiger charge is 2.21. The normalized spacial score (nSPS) is 11.4. The van der Waals surface area contributed by atoms with Crippen LogP contribution in [0.3, 0.4) is 0 Å². The molecule has 0 aliphatic heterocycles. The Bertz CT molecular complexity index is 1320. The fourth-order valence-corrected chi connectivity index (χ4v) is 3.69. The molecule has 0 bridgehead atoms. The second-order valence-electron chi connectivity index (χ2n) is 7.89. The van der Waals surface area contributed by atoms with Gasteiger partial charge in [0.1, 0.15) is 17.2 Å². The Morgan fingerprint density at radius 2 is 1.86 bits per heavy atom. The van der Waals surface area contributed by atoms with E-state index in [4.69, 9.17) is 9.47 Å². The van der Waals surface area contributed by atoms with Gasteiger partial charge in [0.15, 0.2) is 5.69 Å². The molecule has 2 aromatic carbocycles. The number of rotatable bonds is 8. The van der Waals surface area contributed by atoms with Crippen LogP contribution in [0.1, 0.15) is 23.6 Å². The van der Waals surface area contributed by atoms with Crippen LogP contribution >= 0.6 is 0 Å². The van der Waals surface area contributed by atoms with Crippen molar-refractivity contribution in [1.82, 2.24) is 9.88 Å². The van der Waals surface area contributed by atoms with E-state index in [1.807, 2.05) is 12.1 Å². The van der Waals surface area contributed by atoms with E-state index >= 15 is 0 Å². The summed E-state index contributed by atoms with van der Waals surface area (Å²) in [6.45, 7) is 1.59. The third kappa shape index (κ3) is 5.72. The first kappa shape index (κ1) is 25.2.